The zero-order valence-electron chi connectivity index (χ0n) is 9.39. The molecule has 3 nitrogen and oxygen atoms in total. The molecular weight excluding hydrogens is 204 g/mol. The van der Waals surface area contributed by atoms with E-state index in [2.05, 4.69) is 0 Å². The molecule has 0 radical (unpaired) electrons. The lowest BCUT2D eigenvalue weighted by atomic mass is 10.2. The Kier molecular flexibility index (Phi) is 3.57. The summed E-state index contributed by atoms with van der Waals surface area (Å²) < 4.78 is 10.8. The van der Waals surface area contributed by atoms with E-state index in [1.54, 1.807) is 12.1 Å². The normalized spacial score (nSPS) is 24.3. The second-order valence-corrected chi connectivity index (χ2v) is 4.11. The number of carbonyl (C=O) groups excluding carboxylic acids is 1. The first-order valence-corrected chi connectivity index (χ1v) is 5.63. The largest absolute Gasteiger partial charge is 0.459 e. The molecule has 2 rings (SSSR count). The summed E-state index contributed by atoms with van der Waals surface area (Å²) in [4.78, 5) is 11.6. The molecule has 1 aromatic carbocycles. The van der Waals surface area contributed by atoms with E-state index in [0.717, 1.165) is 12.8 Å². The van der Waals surface area contributed by atoms with Gasteiger partial charge in [0.15, 0.2) is 0 Å². The lowest BCUT2D eigenvalue weighted by Gasteiger charge is -2.11. The maximum Gasteiger partial charge on any atom is 0.338 e. The van der Waals surface area contributed by atoms with Gasteiger partial charge in [-0.1, -0.05) is 18.2 Å². The first-order chi connectivity index (χ1) is 7.75. The molecule has 0 bridgehead atoms. The molecule has 0 aliphatic carbocycles. The highest BCUT2D eigenvalue weighted by atomic mass is 16.6. The molecule has 16 heavy (non-hydrogen) atoms. The zero-order chi connectivity index (χ0) is 11.4. The first-order valence-electron chi connectivity index (χ1n) is 5.63. The number of hydrogen-bond donors (Lipinski definition) is 0. The van der Waals surface area contributed by atoms with Gasteiger partial charge in [0.1, 0.15) is 6.61 Å². The summed E-state index contributed by atoms with van der Waals surface area (Å²) in [5.41, 5.74) is 0.591. The Morgan fingerprint density at radius 1 is 1.38 bits per heavy atom. The van der Waals surface area contributed by atoms with Crippen molar-refractivity contribution in [3.05, 3.63) is 35.9 Å². The summed E-state index contributed by atoms with van der Waals surface area (Å²) in [7, 11) is 0. The molecule has 0 spiro atoms. The SMILES string of the molecule is C[C@@H]1CC[C@@H](COC(=O)c2ccccc2)O1. The fourth-order valence-corrected chi connectivity index (χ4v) is 1.83. The smallest absolute Gasteiger partial charge is 0.338 e. The highest BCUT2D eigenvalue weighted by molar-refractivity contribution is 5.89. The Morgan fingerprint density at radius 3 is 2.75 bits per heavy atom. The molecule has 0 aromatic heterocycles. The molecule has 1 aromatic rings. The van der Waals surface area contributed by atoms with Crippen LogP contribution in [0.5, 0.6) is 0 Å². The van der Waals surface area contributed by atoms with E-state index >= 15 is 0 Å². The number of carbonyl (C=O) groups is 1. The van der Waals surface area contributed by atoms with Crippen LogP contribution in [0.1, 0.15) is 30.1 Å². The predicted molar refractivity (Wildman–Crippen MR) is 60.3 cm³/mol. The molecule has 1 aliphatic heterocycles. The number of hydrogen-bond acceptors (Lipinski definition) is 3. The van der Waals surface area contributed by atoms with Crippen LogP contribution in [0.3, 0.4) is 0 Å². The van der Waals surface area contributed by atoms with Gasteiger partial charge in [0, 0.05) is 0 Å². The van der Waals surface area contributed by atoms with Crippen LogP contribution in [0.25, 0.3) is 0 Å². The molecule has 0 saturated carbocycles. The van der Waals surface area contributed by atoms with Gasteiger partial charge in [-0.25, -0.2) is 4.79 Å². The van der Waals surface area contributed by atoms with Crippen LogP contribution in [0.4, 0.5) is 0 Å². The maximum atomic E-state index is 11.6. The van der Waals surface area contributed by atoms with E-state index in [0.29, 0.717) is 18.3 Å². The Hall–Kier alpha value is -1.35. The van der Waals surface area contributed by atoms with Gasteiger partial charge in [-0.05, 0) is 31.9 Å². The lowest BCUT2D eigenvalue weighted by molar-refractivity contribution is -0.00265. The van der Waals surface area contributed by atoms with Crippen molar-refractivity contribution in [2.24, 2.45) is 0 Å². The third-order valence-corrected chi connectivity index (χ3v) is 2.73. The topological polar surface area (TPSA) is 35.5 Å². The van der Waals surface area contributed by atoms with Crippen molar-refractivity contribution in [3.63, 3.8) is 0 Å². The second kappa shape index (κ2) is 5.12. The molecule has 1 fully saturated rings. The quantitative estimate of drug-likeness (QED) is 0.734. The Morgan fingerprint density at radius 2 is 2.12 bits per heavy atom. The van der Waals surface area contributed by atoms with Gasteiger partial charge in [0.05, 0.1) is 17.8 Å². The fourth-order valence-electron chi connectivity index (χ4n) is 1.83. The van der Waals surface area contributed by atoms with Crippen LogP contribution in [-0.4, -0.2) is 24.8 Å². The third-order valence-electron chi connectivity index (χ3n) is 2.73. The number of esters is 1. The molecule has 3 heteroatoms. The van der Waals surface area contributed by atoms with E-state index in [4.69, 9.17) is 9.47 Å². The minimum absolute atomic E-state index is 0.0719. The van der Waals surface area contributed by atoms with E-state index in [9.17, 15) is 4.79 Å². The Balaban J connectivity index is 1.80. The van der Waals surface area contributed by atoms with E-state index in [1.807, 2.05) is 25.1 Å². The molecule has 2 atom stereocenters. The molecule has 0 unspecified atom stereocenters. The minimum atomic E-state index is -0.274. The molecule has 1 saturated heterocycles. The van der Waals surface area contributed by atoms with Crippen LogP contribution in [0.2, 0.25) is 0 Å². The van der Waals surface area contributed by atoms with E-state index in [1.165, 1.54) is 0 Å². The number of rotatable bonds is 3. The van der Waals surface area contributed by atoms with Gasteiger partial charge in [0.25, 0.3) is 0 Å². The number of benzene rings is 1. The van der Waals surface area contributed by atoms with Crippen LogP contribution in [-0.2, 0) is 9.47 Å². The molecule has 1 aliphatic rings. The van der Waals surface area contributed by atoms with Gasteiger partial charge in [0.2, 0.25) is 0 Å². The van der Waals surface area contributed by atoms with E-state index < -0.39 is 0 Å². The maximum absolute atomic E-state index is 11.6. The zero-order valence-corrected chi connectivity index (χ0v) is 9.39. The summed E-state index contributed by atoms with van der Waals surface area (Å²) in [5.74, 6) is -0.274. The van der Waals surface area contributed by atoms with E-state index in [-0.39, 0.29) is 12.1 Å². The van der Waals surface area contributed by atoms with Gasteiger partial charge in [-0.2, -0.15) is 0 Å². The lowest BCUT2D eigenvalue weighted by Crippen LogP contribution is -2.19. The van der Waals surface area contributed by atoms with Gasteiger partial charge in [-0.3, -0.25) is 0 Å². The van der Waals surface area contributed by atoms with Crippen LogP contribution >= 0.6 is 0 Å². The van der Waals surface area contributed by atoms with Crippen molar-refractivity contribution < 1.29 is 14.3 Å². The molecule has 86 valence electrons. The second-order valence-electron chi connectivity index (χ2n) is 4.11. The van der Waals surface area contributed by atoms with Crippen molar-refractivity contribution in [1.82, 2.24) is 0 Å². The Bertz CT molecular complexity index is 347. The molecule has 1 heterocycles. The van der Waals surface area contributed by atoms with Crippen molar-refractivity contribution in [1.29, 1.82) is 0 Å². The molecule has 0 amide bonds. The van der Waals surface area contributed by atoms with Crippen LogP contribution in [0, 0.1) is 0 Å². The molecule has 0 N–H and O–H groups in total. The monoisotopic (exact) mass is 220 g/mol. The van der Waals surface area contributed by atoms with Crippen molar-refractivity contribution in [2.45, 2.75) is 32.0 Å². The summed E-state index contributed by atoms with van der Waals surface area (Å²) in [6, 6.07) is 9.02. The average molecular weight is 220 g/mol. The highest BCUT2D eigenvalue weighted by Gasteiger charge is 2.23. The summed E-state index contributed by atoms with van der Waals surface area (Å²) in [5, 5.41) is 0. The average Bonchev–Trinajstić information content (AvgIpc) is 2.73. The molecular formula is C13H16O3. The van der Waals surface area contributed by atoms with Crippen molar-refractivity contribution in [2.75, 3.05) is 6.61 Å². The minimum Gasteiger partial charge on any atom is -0.459 e. The first kappa shape index (κ1) is 11.1. The summed E-state index contributed by atoms with van der Waals surface area (Å²) in [6.45, 7) is 2.40. The summed E-state index contributed by atoms with van der Waals surface area (Å²) >= 11 is 0. The van der Waals surface area contributed by atoms with Gasteiger partial charge < -0.3 is 9.47 Å². The van der Waals surface area contributed by atoms with Crippen molar-refractivity contribution >= 4 is 5.97 Å². The van der Waals surface area contributed by atoms with Crippen molar-refractivity contribution in [3.8, 4) is 0 Å². The van der Waals surface area contributed by atoms with Crippen LogP contribution in [0.15, 0.2) is 30.3 Å². The van der Waals surface area contributed by atoms with Crippen LogP contribution < -0.4 is 0 Å². The third kappa shape index (κ3) is 2.83. The number of ether oxygens (including phenoxy) is 2. The standard InChI is InChI=1S/C13H16O3/c1-10-7-8-12(16-10)9-15-13(14)11-5-3-2-4-6-11/h2-6,10,12H,7-9H2,1H3/t10-,12+/m1/s1. The van der Waals surface area contributed by atoms with Gasteiger partial charge in [-0.15, -0.1) is 0 Å². The van der Waals surface area contributed by atoms with Gasteiger partial charge >= 0.3 is 5.97 Å². The summed E-state index contributed by atoms with van der Waals surface area (Å²) in [6.07, 6.45) is 2.39. The highest BCUT2D eigenvalue weighted by Crippen LogP contribution is 2.19. The predicted octanol–water partition coefficient (Wildman–Crippen LogP) is 2.41. The Labute approximate surface area is 95.4 Å². The fraction of sp³-hybridized carbons (Fsp3) is 0.462.